The summed E-state index contributed by atoms with van der Waals surface area (Å²) < 4.78 is 23.9. The SMILES string of the molecule is C#CCCS(=O)(=O)c1ccc(Br)c(C(=O)O)c1. The van der Waals surface area contributed by atoms with Crippen LogP contribution in [-0.2, 0) is 9.84 Å². The van der Waals surface area contributed by atoms with E-state index in [-0.39, 0.29) is 22.6 Å². The first-order valence-electron chi connectivity index (χ1n) is 4.57. The third-order valence-electron chi connectivity index (χ3n) is 2.04. The Morgan fingerprint density at radius 3 is 2.65 bits per heavy atom. The number of hydrogen-bond acceptors (Lipinski definition) is 3. The van der Waals surface area contributed by atoms with E-state index in [4.69, 9.17) is 11.5 Å². The summed E-state index contributed by atoms with van der Waals surface area (Å²) in [5.74, 6) is 0.858. The number of carboxylic acids is 1. The van der Waals surface area contributed by atoms with Crippen LogP contribution in [0.2, 0.25) is 0 Å². The molecule has 4 nitrogen and oxygen atoms in total. The number of sulfone groups is 1. The third kappa shape index (κ3) is 3.32. The van der Waals surface area contributed by atoms with Crippen LogP contribution >= 0.6 is 15.9 Å². The van der Waals surface area contributed by atoms with Gasteiger partial charge >= 0.3 is 5.97 Å². The third-order valence-corrected chi connectivity index (χ3v) is 4.45. The van der Waals surface area contributed by atoms with E-state index in [9.17, 15) is 13.2 Å². The van der Waals surface area contributed by atoms with Gasteiger partial charge in [-0.3, -0.25) is 0 Å². The van der Waals surface area contributed by atoms with Crippen LogP contribution in [-0.4, -0.2) is 25.2 Å². The zero-order valence-corrected chi connectivity index (χ0v) is 11.1. The minimum atomic E-state index is -3.52. The summed E-state index contributed by atoms with van der Waals surface area (Å²) in [6.45, 7) is 0. The Labute approximate surface area is 108 Å². The Bertz CT molecular complexity index is 584. The van der Waals surface area contributed by atoms with E-state index in [0.717, 1.165) is 6.07 Å². The minimum absolute atomic E-state index is 0.0339. The van der Waals surface area contributed by atoms with E-state index in [0.29, 0.717) is 4.47 Å². The van der Waals surface area contributed by atoms with Crippen molar-refractivity contribution in [3.8, 4) is 12.3 Å². The summed E-state index contributed by atoms with van der Waals surface area (Å²) >= 11 is 3.04. The Morgan fingerprint density at radius 2 is 2.12 bits per heavy atom. The molecule has 6 heteroatoms. The van der Waals surface area contributed by atoms with Gasteiger partial charge in [-0.15, -0.1) is 12.3 Å². The van der Waals surface area contributed by atoms with Gasteiger partial charge < -0.3 is 5.11 Å². The average Bonchev–Trinajstić information content (AvgIpc) is 2.26. The molecule has 0 radical (unpaired) electrons. The minimum Gasteiger partial charge on any atom is -0.478 e. The molecule has 90 valence electrons. The summed E-state index contributed by atoms with van der Waals surface area (Å²) in [6.07, 6.45) is 5.10. The van der Waals surface area contributed by atoms with E-state index < -0.39 is 15.8 Å². The standard InChI is InChI=1S/C11H9BrO4S/c1-2-3-6-17(15,16)8-4-5-10(12)9(7-8)11(13)14/h1,4-5,7H,3,6H2,(H,13,14). The predicted molar refractivity (Wildman–Crippen MR) is 66.6 cm³/mol. The van der Waals surface area contributed by atoms with Crippen molar-refractivity contribution in [2.75, 3.05) is 5.75 Å². The average molecular weight is 317 g/mol. The van der Waals surface area contributed by atoms with Crippen molar-refractivity contribution < 1.29 is 18.3 Å². The number of benzene rings is 1. The van der Waals surface area contributed by atoms with Crippen LogP contribution in [0.1, 0.15) is 16.8 Å². The van der Waals surface area contributed by atoms with E-state index in [1.165, 1.54) is 12.1 Å². The van der Waals surface area contributed by atoms with Crippen molar-refractivity contribution in [3.63, 3.8) is 0 Å². The van der Waals surface area contributed by atoms with E-state index in [2.05, 4.69) is 21.9 Å². The van der Waals surface area contributed by atoms with Gasteiger partial charge in [0.1, 0.15) is 0 Å². The van der Waals surface area contributed by atoms with Crippen LogP contribution in [0.3, 0.4) is 0 Å². The summed E-state index contributed by atoms with van der Waals surface area (Å²) in [5, 5.41) is 8.87. The Morgan fingerprint density at radius 1 is 1.47 bits per heavy atom. The lowest BCUT2D eigenvalue weighted by molar-refractivity contribution is 0.0695. The van der Waals surface area contributed by atoms with Gasteiger partial charge in [-0.1, -0.05) is 0 Å². The second-order valence-corrected chi connectivity index (χ2v) is 6.18. The lowest BCUT2D eigenvalue weighted by atomic mass is 10.2. The molecular formula is C11H9BrO4S. The first-order chi connectivity index (χ1) is 7.88. The molecule has 0 saturated carbocycles. The number of carbonyl (C=O) groups is 1. The predicted octanol–water partition coefficient (Wildman–Crippen LogP) is 1.94. The molecule has 0 aliphatic heterocycles. The first kappa shape index (κ1) is 13.7. The molecule has 0 aliphatic carbocycles. The molecule has 0 spiro atoms. The molecule has 0 fully saturated rings. The Hall–Kier alpha value is -1.32. The van der Waals surface area contributed by atoms with E-state index >= 15 is 0 Å². The molecule has 0 heterocycles. The lowest BCUT2D eigenvalue weighted by Crippen LogP contribution is -2.08. The summed E-state index contributed by atoms with van der Waals surface area (Å²) in [5.41, 5.74) is -0.0909. The van der Waals surface area contributed by atoms with Gasteiger partial charge in [-0.2, -0.15) is 0 Å². The quantitative estimate of drug-likeness (QED) is 0.862. The highest BCUT2D eigenvalue weighted by molar-refractivity contribution is 9.10. The molecule has 17 heavy (non-hydrogen) atoms. The number of terminal acetylenes is 1. The van der Waals surface area contributed by atoms with Crippen molar-refractivity contribution in [2.45, 2.75) is 11.3 Å². The van der Waals surface area contributed by atoms with Gasteiger partial charge in [0.25, 0.3) is 0 Å². The van der Waals surface area contributed by atoms with Crippen molar-refractivity contribution in [1.29, 1.82) is 0 Å². The molecule has 1 N–H and O–H groups in total. The Balaban J connectivity index is 3.21. The van der Waals surface area contributed by atoms with Crippen molar-refractivity contribution in [1.82, 2.24) is 0 Å². The van der Waals surface area contributed by atoms with E-state index in [1.54, 1.807) is 0 Å². The van der Waals surface area contributed by atoms with Crippen LogP contribution in [0.15, 0.2) is 27.6 Å². The van der Waals surface area contributed by atoms with Crippen LogP contribution in [0.5, 0.6) is 0 Å². The van der Waals surface area contributed by atoms with Crippen LogP contribution in [0, 0.1) is 12.3 Å². The maximum absolute atomic E-state index is 11.8. The molecule has 0 aliphatic rings. The van der Waals surface area contributed by atoms with Crippen molar-refractivity contribution >= 4 is 31.7 Å². The van der Waals surface area contributed by atoms with Crippen LogP contribution in [0.25, 0.3) is 0 Å². The van der Waals surface area contributed by atoms with Gasteiger partial charge in [-0.25, -0.2) is 13.2 Å². The van der Waals surface area contributed by atoms with Crippen LogP contribution < -0.4 is 0 Å². The molecule has 0 unspecified atom stereocenters. The highest BCUT2D eigenvalue weighted by Crippen LogP contribution is 2.22. The topological polar surface area (TPSA) is 71.4 Å². The van der Waals surface area contributed by atoms with Gasteiger partial charge in [0.2, 0.25) is 0 Å². The van der Waals surface area contributed by atoms with Gasteiger partial charge in [0.15, 0.2) is 9.84 Å². The molecule has 1 aromatic carbocycles. The lowest BCUT2D eigenvalue weighted by Gasteiger charge is -2.05. The summed E-state index contributed by atoms with van der Waals surface area (Å²) in [4.78, 5) is 10.8. The number of halogens is 1. The normalized spacial score (nSPS) is 10.8. The first-order valence-corrected chi connectivity index (χ1v) is 7.02. The molecule has 0 atom stereocenters. The maximum atomic E-state index is 11.8. The van der Waals surface area contributed by atoms with Gasteiger partial charge in [-0.05, 0) is 34.1 Å². The molecule has 0 amide bonds. The zero-order valence-electron chi connectivity index (χ0n) is 8.68. The van der Waals surface area contributed by atoms with Crippen LogP contribution in [0.4, 0.5) is 0 Å². The molecule has 0 bridgehead atoms. The van der Waals surface area contributed by atoms with E-state index in [1.807, 2.05) is 0 Å². The maximum Gasteiger partial charge on any atom is 0.336 e. The highest BCUT2D eigenvalue weighted by atomic mass is 79.9. The zero-order chi connectivity index (χ0) is 13.1. The monoisotopic (exact) mass is 316 g/mol. The molecule has 1 rings (SSSR count). The number of carboxylic acid groups (broad SMARTS) is 1. The molecular weight excluding hydrogens is 308 g/mol. The van der Waals surface area contributed by atoms with Crippen molar-refractivity contribution in [3.05, 3.63) is 28.2 Å². The van der Waals surface area contributed by atoms with Gasteiger partial charge in [0, 0.05) is 10.9 Å². The van der Waals surface area contributed by atoms with Crippen molar-refractivity contribution in [2.24, 2.45) is 0 Å². The summed E-state index contributed by atoms with van der Waals surface area (Å²) in [6, 6.07) is 3.87. The molecule has 1 aromatic rings. The fourth-order valence-electron chi connectivity index (χ4n) is 1.17. The smallest absolute Gasteiger partial charge is 0.336 e. The summed E-state index contributed by atoms with van der Waals surface area (Å²) in [7, 11) is -3.52. The number of aromatic carboxylic acids is 1. The van der Waals surface area contributed by atoms with Gasteiger partial charge in [0.05, 0.1) is 16.2 Å². The highest BCUT2D eigenvalue weighted by Gasteiger charge is 2.17. The fraction of sp³-hybridized carbons (Fsp3) is 0.182. The number of rotatable bonds is 4. The number of hydrogen-bond donors (Lipinski definition) is 1. The largest absolute Gasteiger partial charge is 0.478 e. The molecule has 0 saturated heterocycles. The fourth-order valence-corrected chi connectivity index (χ4v) is 2.78. The Kier molecular flexibility index (Phi) is 4.32. The second-order valence-electron chi connectivity index (χ2n) is 3.22. The second kappa shape index (κ2) is 5.34. The molecule has 0 aromatic heterocycles.